The minimum Gasteiger partial charge on any atom is -0.326 e. The van der Waals surface area contributed by atoms with Crippen molar-refractivity contribution in [2.24, 2.45) is 5.92 Å². The van der Waals surface area contributed by atoms with Crippen LogP contribution in [0.4, 0.5) is 20.2 Å². The Labute approximate surface area is 131 Å². The summed E-state index contributed by atoms with van der Waals surface area (Å²) in [5.74, 6) is -2.68. The zero-order valence-electron chi connectivity index (χ0n) is 12.1. The molecule has 1 aliphatic heterocycles. The lowest BCUT2D eigenvalue weighted by molar-refractivity contribution is -0.122. The van der Waals surface area contributed by atoms with E-state index in [0.29, 0.717) is 0 Å². The highest BCUT2D eigenvalue weighted by Crippen LogP contribution is 2.26. The molecule has 0 unspecified atom stereocenters. The van der Waals surface area contributed by atoms with Gasteiger partial charge in [0.05, 0.1) is 5.92 Å². The van der Waals surface area contributed by atoms with Crippen LogP contribution in [-0.2, 0) is 9.59 Å². The minimum atomic E-state index is -0.770. The van der Waals surface area contributed by atoms with Crippen molar-refractivity contribution in [2.75, 3.05) is 16.8 Å². The Morgan fingerprint density at radius 1 is 1.09 bits per heavy atom. The molecule has 2 amide bonds. The molecular formula is C17H14F2N2O2. The van der Waals surface area contributed by atoms with E-state index in [1.165, 1.54) is 4.90 Å². The Balaban J connectivity index is 1.70. The van der Waals surface area contributed by atoms with Gasteiger partial charge in [0.1, 0.15) is 11.6 Å². The van der Waals surface area contributed by atoms with Gasteiger partial charge in [-0.1, -0.05) is 18.2 Å². The first-order valence-electron chi connectivity index (χ1n) is 7.15. The van der Waals surface area contributed by atoms with Crippen molar-refractivity contribution in [3.8, 4) is 0 Å². The number of carbonyl (C=O) groups excluding carboxylic acids is 2. The van der Waals surface area contributed by atoms with E-state index >= 15 is 0 Å². The summed E-state index contributed by atoms with van der Waals surface area (Å²) >= 11 is 0. The summed E-state index contributed by atoms with van der Waals surface area (Å²) in [5.41, 5.74) is 0.766. The molecule has 1 fully saturated rings. The summed E-state index contributed by atoms with van der Waals surface area (Å²) < 4.78 is 26.3. The van der Waals surface area contributed by atoms with E-state index in [1.807, 2.05) is 18.2 Å². The van der Waals surface area contributed by atoms with Gasteiger partial charge >= 0.3 is 0 Å². The molecule has 0 bridgehead atoms. The fourth-order valence-corrected chi connectivity index (χ4v) is 2.61. The predicted molar refractivity (Wildman–Crippen MR) is 81.9 cm³/mol. The summed E-state index contributed by atoms with van der Waals surface area (Å²) in [6.07, 6.45) is 0.0680. The zero-order chi connectivity index (χ0) is 16.4. The lowest BCUT2D eigenvalue weighted by atomic mass is 10.1. The molecule has 1 heterocycles. The number of nitrogens with zero attached hydrogens (tertiary/aromatic N) is 1. The van der Waals surface area contributed by atoms with Crippen LogP contribution < -0.4 is 10.2 Å². The van der Waals surface area contributed by atoms with Crippen LogP contribution in [0, 0.1) is 17.6 Å². The smallest absolute Gasteiger partial charge is 0.229 e. The Kier molecular flexibility index (Phi) is 4.06. The van der Waals surface area contributed by atoms with E-state index in [9.17, 15) is 18.4 Å². The van der Waals surface area contributed by atoms with Gasteiger partial charge in [0.25, 0.3) is 0 Å². The SMILES string of the molecule is O=C(Nc1cc(F)cc(F)c1)[C@H]1CC(=O)N(c2ccccc2)C1. The quantitative estimate of drug-likeness (QED) is 0.946. The van der Waals surface area contributed by atoms with Crippen LogP contribution in [-0.4, -0.2) is 18.4 Å². The van der Waals surface area contributed by atoms with E-state index in [-0.39, 0.29) is 24.6 Å². The highest BCUT2D eigenvalue weighted by molar-refractivity contribution is 6.03. The first-order valence-corrected chi connectivity index (χ1v) is 7.15. The molecule has 23 heavy (non-hydrogen) atoms. The number of nitrogens with one attached hydrogen (secondary N) is 1. The Morgan fingerprint density at radius 3 is 2.39 bits per heavy atom. The maximum atomic E-state index is 13.1. The van der Waals surface area contributed by atoms with Crippen molar-refractivity contribution < 1.29 is 18.4 Å². The van der Waals surface area contributed by atoms with Gasteiger partial charge in [-0.2, -0.15) is 0 Å². The summed E-state index contributed by atoms with van der Waals surface area (Å²) in [5, 5.41) is 2.46. The number of carbonyl (C=O) groups is 2. The minimum absolute atomic E-state index is 0.0399. The van der Waals surface area contributed by atoms with Crippen molar-refractivity contribution in [2.45, 2.75) is 6.42 Å². The Bertz CT molecular complexity index is 729. The van der Waals surface area contributed by atoms with E-state index in [0.717, 1.165) is 23.9 Å². The first kappa shape index (κ1) is 15.1. The van der Waals surface area contributed by atoms with Crippen LogP contribution in [0.25, 0.3) is 0 Å². The number of anilines is 2. The third-order valence-corrected chi connectivity index (χ3v) is 3.69. The number of benzene rings is 2. The number of hydrogen-bond donors (Lipinski definition) is 1. The van der Waals surface area contributed by atoms with Crippen molar-refractivity contribution in [3.05, 3.63) is 60.2 Å². The molecule has 118 valence electrons. The summed E-state index contributed by atoms with van der Waals surface area (Å²) in [6.45, 7) is 0.243. The lowest BCUT2D eigenvalue weighted by Gasteiger charge is -2.16. The summed E-state index contributed by atoms with van der Waals surface area (Å²) in [4.78, 5) is 25.8. The first-order chi connectivity index (χ1) is 11.0. The normalized spacial score (nSPS) is 17.4. The van der Waals surface area contributed by atoms with Crippen molar-refractivity contribution in [1.29, 1.82) is 0 Å². The van der Waals surface area contributed by atoms with Gasteiger partial charge in [-0.3, -0.25) is 9.59 Å². The van der Waals surface area contributed by atoms with Crippen LogP contribution in [0.3, 0.4) is 0 Å². The molecule has 2 aromatic carbocycles. The second kappa shape index (κ2) is 6.16. The molecule has 1 saturated heterocycles. The monoisotopic (exact) mass is 316 g/mol. The molecule has 0 radical (unpaired) electrons. The second-order valence-electron chi connectivity index (χ2n) is 5.39. The van der Waals surface area contributed by atoms with Gasteiger partial charge in [-0.05, 0) is 24.3 Å². The predicted octanol–water partition coefficient (Wildman–Crippen LogP) is 2.96. The Morgan fingerprint density at radius 2 is 1.74 bits per heavy atom. The van der Waals surface area contributed by atoms with Crippen LogP contribution >= 0.6 is 0 Å². The van der Waals surface area contributed by atoms with Gasteiger partial charge in [-0.25, -0.2) is 8.78 Å². The third-order valence-electron chi connectivity index (χ3n) is 3.69. The molecule has 1 atom stereocenters. The standard InChI is InChI=1S/C17H14F2N2O2/c18-12-7-13(19)9-14(8-12)20-17(23)11-6-16(22)21(10-11)15-4-2-1-3-5-15/h1-5,7-9,11H,6,10H2,(H,20,23)/t11-/m0/s1. The maximum absolute atomic E-state index is 13.1. The molecule has 6 heteroatoms. The van der Waals surface area contributed by atoms with Crippen molar-refractivity contribution in [3.63, 3.8) is 0 Å². The number of amides is 2. The highest BCUT2D eigenvalue weighted by atomic mass is 19.1. The molecule has 2 aromatic rings. The van der Waals surface area contributed by atoms with Crippen molar-refractivity contribution >= 4 is 23.2 Å². The fraction of sp³-hybridized carbons (Fsp3) is 0.176. The maximum Gasteiger partial charge on any atom is 0.229 e. The van der Waals surface area contributed by atoms with Gasteiger partial charge in [0, 0.05) is 30.4 Å². The highest BCUT2D eigenvalue weighted by Gasteiger charge is 2.35. The van der Waals surface area contributed by atoms with Gasteiger partial charge in [0.2, 0.25) is 11.8 Å². The van der Waals surface area contributed by atoms with Gasteiger partial charge in [0.15, 0.2) is 0 Å². The van der Waals surface area contributed by atoms with Crippen LogP contribution in [0.2, 0.25) is 0 Å². The average Bonchev–Trinajstić information content (AvgIpc) is 2.89. The number of para-hydroxylation sites is 1. The number of halogens is 2. The molecule has 1 N–H and O–H groups in total. The number of rotatable bonds is 3. The largest absolute Gasteiger partial charge is 0.326 e. The molecule has 1 aliphatic rings. The second-order valence-corrected chi connectivity index (χ2v) is 5.39. The van der Waals surface area contributed by atoms with E-state index < -0.39 is 23.5 Å². The van der Waals surface area contributed by atoms with E-state index in [4.69, 9.17) is 0 Å². The van der Waals surface area contributed by atoms with Gasteiger partial charge < -0.3 is 10.2 Å². The van der Waals surface area contributed by atoms with Crippen LogP contribution in [0.5, 0.6) is 0 Å². The summed E-state index contributed by atoms with van der Waals surface area (Å²) in [6, 6.07) is 11.8. The van der Waals surface area contributed by atoms with Crippen molar-refractivity contribution in [1.82, 2.24) is 0 Å². The Hall–Kier alpha value is -2.76. The molecule has 0 aromatic heterocycles. The molecule has 0 spiro atoms. The summed E-state index contributed by atoms with van der Waals surface area (Å²) in [7, 11) is 0. The zero-order valence-corrected chi connectivity index (χ0v) is 12.1. The topological polar surface area (TPSA) is 49.4 Å². The average molecular weight is 316 g/mol. The van der Waals surface area contributed by atoms with E-state index in [2.05, 4.69) is 5.32 Å². The molecule has 4 nitrogen and oxygen atoms in total. The fourth-order valence-electron chi connectivity index (χ4n) is 2.61. The third kappa shape index (κ3) is 3.36. The van der Waals surface area contributed by atoms with E-state index in [1.54, 1.807) is 12.1 Å². The van der Waals surface area contributed by atoms with Crippen LogP contribution in [0.15, 0.2) is 48.5 Å². The lowest BCUT2D eigenvalue weighted by Crippen LogP contribution is -2.28. The number of hydrogen-bond acceptors (Lipinski definition) is 2. The van der Waals surface area contributed by atoms with Gasteiger partial charge in [-0.15, -0.1) is 0 Å². The molecular weight excluding hydrogens is 302 g/mol. The molecule has 0 saturated carbocycles. The van der Waals surface area contributed by atoms with Crippen LogP contribution in [0.1, 0.15) is 6.42 Å². The molecule has 3 rings (SSSR count). The molecule has 0 aliphatic carbocycles.